The maximum absolute atomic E-state index is 11.3. The first-order valence-corrected chi connectivity index (χ1v) is 7.35. The lowest BCUT2D eigenvalue weighted by Crippen LogP contribution is -2.02. The maximum Gasteiger partial charge on any atom is 0.352 e. The first-order valence-electron chi connectivity index (χ1n) is 7.35. The van der Waals surface area contributed by atoms with Crippen molar-refractivity contribution in [3.63, 3.8) is 0 Å². The highest BCUT2D eigenvalue weighted by molar-refractivity contribution is 6.10. The zero-order valence-electron chi connectivity index (χ0n) is 12.5. The van der Waals surface area contributed by atoms with Crippen molar-refractivity contribution in [1.29, 1.82) is 0 Å². The van der Waals surface area contributed by atoms with Gasteiger partial charge in [-0.05, 0) is 23.8 Å². The van der Waals surface area contributed by atoms with Crippen molar-refractivity contribution in [2.24, 2.45) is 0 Å². The van der Waals surface area contributed by atoms with Crippen molar-refractivity contribution in [3.05, 3.63) is 60.3 Å². The molecule has 0 aliphatic carbocycles. The van der Waals surface area contributed by atoms with Gasteiger partial charge in [-0.3, -0.25) is 9.97 Å². The number of carboxylic acids is 1. The van der Waals surface area contributed by atoms with Crippen LogP contribution in [0.1, 0.15) is 16.1 Å². The van der Waals surface area contributed by atoms with E-state index in [2.05, 4.69) is 25.3 Å². The van der Waals surface area contributed by atoms with Gasteiger partial charge in [-0.25, -0.2) is 9.78 Å². The number of rotatable bonds is 4. The normalized spacial score (nSPS) is 11.0. The van der Waals surface area contributed by atoms with Crippen LogP contribution in [0.3, 0.4) is 0 Å². The molecule has 0 saturated carbocycles. The molecular formula is C17H13N5O2. The minimum Gasteiger partial charge on any atom is -0.477 e. The number of nitrogens with one attached hydrogen (secondary N) is 2. The van der Waals surface area contributed by atoms with Crippen LogP contribution in [0.25, 0.3) is 21.8 Å². The van der Waals surface area contributed by atoms with E-state index in [-0.39, 0.29) is 5.69 Å². The Morgan fingerprint density at radius 1 is 1.17 bits per heavy atom. The molecule has 0 bridgehead atoms. The van der Waals surface area contributed by atoms with Crippen LogP contribution in [0.15, 0.2) is 49.1 Å². The SMILES string of the molecule is O=C(O)c1cc2c(NCc3cccnc3)nc3ccncc3c2[nH]1. The molecule has 0 aromatic carbocycles. The fraction of sp³-hybridized carbons (Fsp3) is 0.0588. The molecule has 7 nitrogen and oxygen atoms in total. The molecule has 0 aliphatic heterocycles. The van der Waals surface area contributed by atoms with Gasteiger partial charge < -0.3 is 15.4 Å². The highest BCUT2D eigenvalue weighted by atomic mass is 16.4. The molecule has 0 atom stereocenters. The Kier molecular flexibility index (Phi) is 3.31. The quantitative estimate of drug-likeness (QED) is 0.534. The summed E-state index contributed by atoms with van der Waals surface area (Å²) in [5.41, 5.74) is 2.58. The lowest BCUT2D eigenvalue weighted by molar-refractivity contribution is 0.0691. The molecule has 0 unspecified atom stereocenters. The molecule has 4 rings (SSSR count). The summed E-state index contributed by atoms with van der Waals surface area (Å²) in [5.74, 6) is -0.391. The fourth-order valence-corrected chi connectivity index (χ4v) is 2.65. The summed E-state index contributed by atoms with van der Waals surface area (Å²) in [6, 6.07) is 7.21. The van der Waals surface area contributed by atoms with E-state index >= 15 is 0 Å². The van der Waals surface area contributed by atoms with E-state index in [1.165, 1.54) is 0 Å². The number of pyridine rings is 3. The molecule has 4 aromatic rings. The van der Waals surface area contributed by atoms with E-state index in [4.69, 9.17) is 0 Å². The first-order chi connectivity index (χ1) is 11.7. The van der Waals surface area contributed by atoms with E-state index in [0.717, 1.165) is 21.9 Å². The molecule has 0 aliphatic rings. The molecular weight excluding hydrogens is 306 g/mol. The fourth-order valence-electron chi connectivity index (χ4n) is 2.65. The summed E-state index contributed by atoms with van der Waals surface area (Å²) in [5, 5.41) is 14.0. The number of hydrogen-bond donors (Lipinski definition) is 3. The van der Waals surface area contributed by atoms with Crippen LogP contribution >= 0.6 is 0 Å². The van der Waals surface area contributed by atoms with Gasteiger partial charge in [0, 0.05) is 42.1 Å². The number of aromatic carboxylic acids is 1. The molecule has 7 heteroatoms. The second-order valence-electron chi connectivity index (χ2n) is 5.34. The predicted molar refractivity (Wildman–Crippen MR) is 89.9 cm³/mol. The minimum absolute atomic E-state index is 0.118. The highest BCUT2D eigenvalue weighted by Gasteiger charge is 2.15. The third-order valence-electron chi connectivity index (χ3n) is 3.79. The molecule has 118 valence electrons. The molecule has 0 amide bonds. The van der Waals surface area contributed by atoms with Gasteiger partial charge in [-0.1, -0.05) is 6.07 Å². The van der Waals surface area contributed by atoms with Crippen LogP contribution in [0, 0.1) is 0 Å². The van der Waals surface area contributed by atoms with Gasteiger partial charge >= 0.3 is 5.97 Å². The van der Waals surface area contributed by atoms with Crippen molar-refractivity contribution < 1.29 is 9.90 Å². The monoisotopic (exact) mass is 319 g/mol. The van der Waals surface area contributed by atoms with E-state index in [1.807, 2.05) is 12.1 Å². The van der Waals surface area contributed by atoms with Crippen LogP contribution in [0.5, 0.6) is 0 Å². The second kappa shape index (κ2) is 5.62. The summed E-state index contributed by atoms with van der Waals surface area (Å²) in [6.07, 6.45) is 6.83. The third kappa shape index (κ3) is 2.41. The van der Waals surface area contributed by atoms with E-state index in [0.29, 0.717) is 17.9 Å². The van der Waals surface area contributed by atoms with Gasteiger partial charge in [0.25, 0.3) is 0 Å². The van der Waals surface area contributed by atoms with Crippen molar-refractivity contribution >= 4 is 33.6 Å². The number of anilines is 1. The second-order valence-corrected chi connectivity index (χ2v) is 5.34. The number of aromatic amines is 1. The molecule has 0 saturated heterocycles. The van der Waals surface area contributed by atoms with Crippen molar-refractivity contribution in [2.45, 2.75) is 6.54 Å². The first kappa shape index (κ1) is 14.1. The van der Waals surface area contributed by atoms with E-state index < -0.39 is 5.97 Å². The van der Waals surface area contributed by atoms with Crippen LogP contribution in [-0.4, -0.2) is 31.0 Å². The number of carbonyl (C=O) groups is 1. The molecule has 4 heterocycles. The van der Waals surface area contributed by atoms with Gasteiger partial charge in [0.05, 0.1) is 11.0 Å². The van der Waals surface area contributed by atoms with Crippen molar-refractivity contribution in [3.8, 4) is 0 Å². The van der Waals surface area contributed by atoms with Crippen molar-refractivity contribution in [1.82, 2.24) is 19.9 Å². The molecule has 3 N–H and O–H groups in total. The summed E-state index contributed by atoms with van der Waals surface area (Å²) < 4.78 is 0. The number of aromatic nitrogens is 4. The zero-order chi connectivity index (χ0) is 16.5. The average molecular weight is 319 g/mol. The summed E-state index contributed by atoms with van der Waals surface area (Å²) in [4.78, 5) is 27.0. The number of nitrogens with zero attached hydrogens (tertiary/aromatic N) is 3. The van der Waals surface area contributed by atoms with E-state index in [9.17, 15) is 9.90 Å². The number of H-pyrrole nitrogens is 1. The van der Waals surface area contributed by atoms with Gasteiger partial charge in [0.2, 0.25) is 0 Å². The maximum atomic E-state index is 11.3. The Labute approximate surface area is 136 Å². The van der Waals surface area contributed by atoms with Gasteiger partial charge in [0.15, 0.2) is 0 Å². The summed E-state index contributed by atoms with van der Waals surface area (Å²) >= 11 is 0. The topological polar surface area (TPSA) is 104 Å². The lowest BCUT2D eigenvalue weighted by atomic mass is 10.2. The molecule has 0 fully saturated rings. The standard InChI is InChI=1S/C17H13N5O2/c23-17(24)14-6-11-15(21-14)12-9-19-5-3-13(12)22-16(11)20-8-10-2-1-4-18-7-10/h1-7,9,21H,8H2,(H,20,22)(H,23,24). The molecule has 4 aromatic heterocycles. The number of carboxylic acid groups (broad SMARTS) is 1. The molecule has 0 spiro atoms. The van der Waals surface area contributed by atoms with Gasteiger partial charge in [-0.15, -0.1) is 0 Å². The average Bonchev–Trinajstić information content (AvgIpc) is 3.07. The number of hydrogen-bond acceptors (Lipinski definition) is 5. The van der Waals surface area contributed by atoms with Crippen LogP contribution in [-0.2, 0) is 6.54 Å². The Hall–Kier alpha value is -3.48. The largest absolute Gasteiger partial charge is 0.477 e. The van der Waals surface area contributed by atoms with Crippen LogP contribution in [0.2, 0.25) is 0 Å². The zero-order valence-corrected chi connectivity index (χ0v) is 12.5. The van der Waals surface area contributed by atoms with Gasteiger partial charge in [0.1, 0.15) is 11.5 Å². The smallest absolute Gasteiger partial charge is 0.352 e. The molecule has 24 heavy (non-hydrogen) atoms. The molecule has 0 radical (unpaired) electrons. The highest BCUT2D eigenvalue weighted by Crippen LogP contribution is 2.29. The Balaban J connectivity index is 1.84. The van der Waals surface area contributed by atoms with E-state index in [1.54, 1.807) is 36.9 Å². The lowest BCUT2D eigenvalue weighted by Gasteiger charge is -2.08. The Morgan fingerprint density at radius 2 is 2.04 bits per heavy atom. The van der Waals surface area contributed by atoms with Crippen LogP contribution < -0.4 is 5.32 Å². The third-order valence-corrected chi connectivity index (χ3v) is 3.79. The van der Waals surface area contributed by atoms with Gasteiger partial charge in [-0.2, -0.15) is 0 Å². The minimum atomic E-state index is -1.01. The number of fused-ring (bicyclic) bond motifs is 3. The summed E-state index contributed by atoms with van der Waals surface area (Å²) in [7, 11) is 0. The Bertz CT molecular complexity index is 1040. The summed E-state index contributed by atoms with van der Waals surface area (Å²) in [6.45, 7) is 0.542. The van der Waals surface area contributed by atoms with Crippen LogP contribution in [0.4, 0.5) is 5.82 Å². The predicted octanol–water partition coefficient (Wildman–Crippen LogP) is 2.82. The Morgan fingerprint density at radius 3 is 2.83 bits per heavy atom. The van der Waals surface area contributed by atoms with Crippen molar-refractivity contribution in [2.75, 3.05) is 5.32 Å².